The molecule has 1 saturated heterocycles. The number of thiazole rings is 1. The summed E-state index contributed by atoms with van der Waals surface area (Å²) < 4.78 is 0. The fraction of sp³-hybridized carbons (Fsp3) is 0.400. The Bertz CT molecular complexity index is 838. The van der Waals surface area contributed by atoms with Gasteiger partial charge < -0.3 is 5.32 Å². The summed E-state index contributed by atoms with van der Waals surface area (Å²) in [5.74, 6) is 0.746. The maximum atomic E-state index is 4.43. The quantitative estimate of drug-likeness (QED) is 0.736. The fourth-order valence-corrected chi connectivity index (χ4v) is 4.40. The number of benzene rings is 1. The second-order valence-electron chi connectivity index (χ2n) is 6.92. The van der Waals surface area contributed by atoms with E-state index in [0.29, 0.717) is 0 Å². The highest BCUT2D eigenvalue weighted by Gasteiger charge is 2.19. The second kappa shape index (κ2) is 7.60. The minimum Gasteiger partial charge on any atom is -0.316 e. The largest absolute Gasteiger partial charge is 0.316 e. The molecule has 4 nitrogen and oxygen atoms in total. The van der Waals surface area contributed by atoms with Gasteiger partial charge in [-0.1, -0.05) is 12.1 Å². The van der Waals surface area contributed by atoms with Crippen LogP contribution in [0.3, 0.4) is 0 Å². The molecular weight excluding hydrogens is 328 g/mol. The van der Waals surface area contributed by atoms with Crippen molar-refractivity contribution in [3.05, 3.63) is 58.2 Å². The van der Waals surface area contributed by atoms with Crippen molar-refractivity contribution in [2.75, 3.05) is 19.6 Å². The number of pyridine rings is 1. The number of nitrogens with one attached hydrogen (secondary N) is 1. The predicted molar refractivity (Wildman–Crippen MR) is 104 cm³/mol. The first-order chi connectivity index (χ1) is 12.3. The number of nitrogens with zero attached hydrogens (tertiary/aromatic N) is 3. The van der Waals surface area contributed by atoms with E-state index in [1.54, 1.807) is 11.3 Å². The lowest BCUT2D eigenvalue weighted by molar-refractivity contribution is 0.222. The molecule has 0 saturated carbocycles. The highest BCUT2D eigenvalue weighted by Crippen LogP contribution is 2.21. The van der Waals surface area contributed by atoms with Gasteiger partial charge in [-0.25, -0.2) is 4.98 Å². The maximum Gasteiger partial charge on any atom is 0.0798 e. The molecule has 1 fully saturated rings. The van der Waals surface area contributed by atoms with Gasteiger partial charge in [-0.2, -0.15) is 0 Å². The van der Waals surface area contributed by atoms with Gasteiger partial charge in [0.15, 0.2) is 0 Å². The van der Waals surface area contributed by atoms with Crippen molar-refractivity contribution in [1.82, 2.24) is 20.2 Å². The third-order valence-electron chi connectivity index (χ3n) is 4.96. The van der Waals surface area contributed by atoms with Crippen molar-refractivity contribution in [2.24, 2.45) is 5.92 Å². The van der Waals surface area contributed by atoms with Gasteiger partial charge in [0.25, 0.3) is 0 Å². The molecule has 0 bridgehead atoms. The Kier molecular flexibility index (Phi) is 5.06. The van der Waals surface area contributed by atoms with Crippen LogP contribution < -0.4 is 5.32 Å². The van der Waals surface area contributed by atoms with Crippen LogP contribution in [0.2, 0.25) is 0 Å². The van der Waals surface area contributed by atoms with Crippen molar-refractivity contribution in [1.29, 1.82) is 0 Å². The van der Waals surface area contributed by atoms with Gasteiger partial charge in [0, 0.05) is 36.1 Å². The average Bonchev–Trinajstić information content (AvgIpc) is 3.27. The van der Waals surface area contributed by atoms with Crippen molar-refractivity contribution in [3.8, 4) is 0 Å². The molecule has 1 N–H and O–H groups in total. The van der Waals surface area contributed by atoms with Crippen molar-refractivity contribution < 1.29 is 0 Å². The number of fused-ring (bicyclic) bond motifs is 1. The van der Waals surface area contributed by atoms with Crippen LogP contribution in [0.4, 0.5) is 0 Å². The first-order valence-corrected chi connectivity index (χ1v) is 9.81. The van der Waals surface area contributed by atoms with Gasteiger partial charge >= 0.3 is 0 Å². The van der Waals surface area contributed by atoms with E-state index in [2.05, 4.69) is 51.4 Å². The topological polar surface area (TPSA) is 41.1 Å². The van der Waals surface area contributed by atoms with Crippen LogP contribution >= 0.6 is 11.3 Å². The zero-order valence-corrected chi connectivity index (χ0v) is 15.4. The molecule has 5 heteroatoms. The Labute approximate surface area is 152 Å². The molecule has 3 heterocycles. The van der Waals surface area contributed by atoms with Crippen molar-refractivity contribution >= 4 is 22.2 Å². The SMILES string of the molecule is Cc1ncsc1CN(Cc1ccc2ncccc2c1)C[C@@H]1CCNC1. The van der Waals surface area contributed by atoms with E-state index < -0.39 is 0 Å². The number of hydrogen-bond donors (Lipinski definition) is 1. The number of aromatic nitrogens is 2. The molecule has 1 atom stereocenters. The normalized spacial score (nSPS) is 17.6. The van der Waals surface area contributed by atoms with E-state index in [0.717, 1.165) is 44.2 Å². The predicted octanol–water partition coefficient (Wildman–Crippen LogP) is 3.61. The molecule has 0 unspecified atom stereocenters. The highest BCUT2D eigenvalue weighted by atomic mass is 32.1. The van der Waals surface area contributed by atoms with E-state index in [1.165, 1.54) is 27.9 Å². The van der Waals surface area contributed by atoms with Crippen molar-refractivity contribution in [3.63, 3.8) is 0 Å². The molecule has 25 heavy (non-hydrogen) atoms. The van der Waals surface area contributed by atoms with Crippen LogP contribution in [0.25, 0.3) is 10.9 Å². The van der Waals surface area contributed by atoms with Gasteiger partial charge in [0.2, 0.25) is 0 Å². The molecule has 1 aromatic carbocycles. The molecule has 0 amide bonds. The standard InChI is InChI=1S/C20H24N4S/c1-15-20(25-14-23-15)13-24(12-17-6-8-21-10-17)11-16-4-5-19-18(9-16)3-2-7-22-19/h2-5,7,9,14,17,21H,6,8,10-13H2,1H3/t17-/m1/s1. The summed E-state index contributed by atoms with van der Waals surface area (Å²) >= 11 is 1.77. The molecule has 0 aliphatic carbocycles. The molecule has 0 radical (unpaired) electrons. The van der Waals surface area contributed by atoms with Gasteiger partial charge in [-0.3, -0.25) is 9.88 Å². The first-order valence-electron chi connectivity index (χ1n) is 8.93. The second-order valence-corrected chi connectivity index (χ2v) is 7.86. The van der Waals surface area contributed by atoms with Gasteiger partial charge in [0.1, 0.15) is 0 Å². The number of rotatable bonds is 6. The third-order valence-corrected chi connectivity index (χ3v) is 5.88. The Hall–Kier alpha value is -1.82. The van der Waals surface area contributed by atoms with Crippen LogP contribution in [-0.4, -0.2) is 34.5 Å². The summed E-state index contributed by atoms with van der Waals surface area (Å²) in [6.45, 7) is 7.49. The van der Waals surface area contributed by atoms with E-state index in [-0.39, 0.29) is 0 Å². The minimum absolute atomic E-state index is 0.746. The average molecular weight is 353 g/mol. The fourth-order valence-electron chi connectivity index (χ4n) is 3.58. The van der Waals surface area contributed by atoms with Crippen LogP contribution in [0.15, 0.2) is 42.0 Å². The third kappa shape index (κ3) is 4.06. The zero-order chi connectivity index (χ0) is 17.1. The molecule has 130 valence electrons. The molecule has 0 spiro atoms. The summed E-state index contributed by atoms with van der Waals surface area (Å²) in [5, 5.41) is 4.71. The highest BCUT2D eigenvalue weighted by molar-refractivity contribution is 7.09. The Balaban J connectivity index is 1.54. The molecular formula is C20H24N4S. The monoisotopic (exact) mass is 352 g/mol. The van der Waals surface area contributed by atoms with E-state index in [1.807, 2.05) is 17.8 Å². The van der Waals surface area contributed by atoms with Gasteiger partial charge in [-0.15, -0.1) is 11.3 Å². The molecule has 3 aromatic rings. The van der Waals surface area contributed by atoms with Crippen molar-refractivity contribution in [2.45, 2.75) is 26.4 Å². The van der Waals surface area contributed by atoms with Gasteiger partial charge in [-0.05, 0) is 56.1 Å². The van der Waals surface area contributed by atoms with Crippen LogP contribution in [-0.2, 0) is 13.1 Å². The van der Waals surface area contributed by atoms with Crippen LogP contribution in [0, 0.1) is 12.8 Å². The lowest BCUT2D eigenvalue weighted by atomic mass is 10.1. The molecule has 4 rings (SSSR count). The summed E-state index contributed by atoms with van der Waals surface area (Å²) in [6.07, 6.45) is 3.13. The van der Waals surface area contributed by atoms with E-state index in [4.69, 9.17) is 0 Å². The summed E-state index contributed by atoms with van der Waals surface area (Å²) in [7, 11) is 0. The molecule has 2 aromatic heterocycles. The van der Waals surface area contributed by atoms with Gasteiger partial charge in [0.05, 0.1) is 16.7 Å². The Morgan fingerprint density at radius 2 is 2.20 bits per heavy atom. The summed E-state index contributed by atoms with van der Waals surface area (Å²) in [6, 6.07) is 10.8. The Morgan fingerprint density at radius 3 is 3.00 bits per heavy atom. The van der Waals surface area contributed by atoms with E-state index >= 15 is 0 Å². The molecule has 1 aliphatic rings. The van der Waals surface area contributed by atoms with Crippen LogP contribution in [0.5, 0.6) is 0 Å². The zero-order valence-electron chi connectivity index (χ0n) is 14.6. The van der Waals surface area contributed by atoms with Crippen LogP contribution in [0.1, 0.15) is 22.6 Å². The maximum absolute atomic E-state index is 4.43. The lowest BCUT2D eigenvalue weighted by Crippen LogP contribution is -2.30. The van der Waals surface area contributed by atoms with E-state index in [9.17, 15) is 0 Å². The Morgan fingerprint density at radius 1 is 1.24 bits per heavy atom. The number of aryl methyl sites for hydroxylation is 1. The number of hydrogen-bond acceptors (Lipinski definition) is 5. The molecule has 1 aliphatic heterocycles. The lowest BCUT2D eigenvalue weighted by Gasteiger charge is -2.25. The minimum atomic E-state index is 0.746. The smallest absolute Gasteiger partial charge is 0.0798 e. The first kappa shape index (κ1) is 16.6. The summed E-state index contributed by atoms with van der Waals surface area (Å²) in [4.78, 5) is 12.8. The summed E-state index contributed by atoms with van der Waals surface area (Å²) in [5.41, 5.74) is 5.55.